The minimum absolute atomic E-state index is 0. The number of allylic oxidation sites excluding steroid dienone is 1. The van der Waals surface area contributed by atoms with Gasteiger partial charge in [0.05, 0.1) is 6.54 Å². The number of benzene rings is 1. The molecule has 1 rings (SSSR count). The summed E-state index contributed by atoms with van der Waals surface area (Å²) in [5.74, 6) is 0.600. The summed E-state index contributed by atoms with van der Waals surface area (Å²) in [6.45, 7) is 7.98. The molecule has 0 aliphatic heterocycles. The van der Waals surface area contributed by atoms with Crippen molar-refractivity contribution in [2.75, 3.05) is 33.8 Å². The van der Waals surface area contributed by atoms with E-state index in [1.807, 2.05) is 20.0 Å². The van der Waals surface area contributed by atoms with Crippen LogP contribution in [0.3, 0.4) is 0 Å². The zero-order valence-electron chi connectivity index (χ0n) is 14.8. The van der Waals surface area contributed by atoms with E-state index in [0.717, 1.165) is 37.5 Å². The highest BCUT2D eigenvalue weighted by molar-refractivity contribution is 14.0. The Labute approximate surface area is 162 Å². The van der Waals surface area contributed by atoms with Gasteiger partial charge in [-0.2, -0.15) is 0 Å². The van der Waals surface area contributed by atoms with Crippen LogP contribution in [0.5, 0.6) is 0 Å². The molecular formula is C18H29FIN3O. The quantitative estimate of drug-likeness (QED) is 0.204. The van der Waals surface area contributed by atoms with Crippen LogP contribution in [0.4, 0.5) is 4.39 Å². The van der Waals surface area contributed by atoms with Crippen molar-refractivity contribution in [2.24, 2.45) is 4.99 Å². The first-order chi connectivity index (χ1) is 11.1. The number of aliphatic imine (C=N–C) groups is 1. The van der Waals surface area contributed by atoms with Crippen LogP contribution < -0.4 is 5.32 Å². The Kier molecular flexibility index (Phi) is 12.5. The molecule has 0 amide bonds. The number of guanidine groups is 1. The number of rotatable bonds is 9. The minimum Gasteiger partial charge on any atom is -0.375 e. The molecular weight excluding hydrogens is 420 g/mol. The largest absolute Gasteiger partial charge is 0.375 e. The van der Waals surface area contributed by atoms with Crippen LogP contribution >= 0.6 is 24.0 Å². The molecule has 0 bridgehead atoms. The monoisotopic (exact) mass is 449 g/mol. The first-order valence-electron chi connectivity index (χ1n) is 8.01. The summed E-state index contributed by atoms with van der Waals surface area (Å²) in [7, 11) is 3.66. The van der Waals surface area contributed by atoms with Crippen molar-refractivity contribution in [3.8, 4) is 0 Å². The van der Waals surface area contributed by atoms with Gasteiger partial charge in [-0.15, -0.1) is 30.6 Å². The van der Waals surface area contributed by atoms with Gasteiger partial charge in [-0.25, -0.2) is 4.39 Å². The van der Waals surface area contributed by atoms with Gasteiger partial charge in [-0.1, -0.05) is 18.2 Å². The molecule has 1 atom stereocenters. The standard InChI is InChI=1S/C18H28FN3O.HI/c1-5-7-8-13-22(3)18(20-6-2)21-14-17(23-4)15-9-11-16(19)12-10-15;/h5,9-12,17H,1,6-8,13-14H2,2-4H3,(H,20,21);1H. The van der Waals surface area contributed by atoms with Crippen molar-refractivity contribution in [2.45, 2.75) is 25.9 Å². The average molecular weight is 449 g/mol. The van der Waals surface area contributed by atoms with Gasteiger partial charge in [0.2, 0.25) is 0 Å². The van der Waals surface area contributed by atoms with E-state index < -0.39 is 0 Å². The SMILES string of the molecule is C=CCCCN(C)C(=NCC(OC)c1ccc(F)cc1)NCC.I. The van der Waals surface area contributed by atoms with Crippen LogP contribution in [0.25, 0.3) is 0 Å². The van der Waals surface area contributed by atoms with Crippen molar-refractivity contribution in [3.05, 3.63) is 48.3 Å². The van der Waals surface area contributed by atoms with E-state index >= 15 is 0 Å². The Morgan fingerprint density at radius 1 is 1.42 bits per heavy atom. The van der Waals surface area contributed by atoms with E-state index in [2.05, 4.69) is 21.8 Å². The Morgan fingerprint density at radius 3 is 2.62 bits per heavy atom. The number of unbranched alkanes of at least 4 members (excludes halogenated alkanes) is 1. The predicted molar refractivity (Wildman–Crippen MR) is 110 cm³/mol. The molecule has 0 heterocycles. The average Bonchev–Trinajstić information content (AvgIpc) is 2.56. The van der Waals surface area contributed by atoms with E-state index in [1.165, 1.54) is 12.1 Å². The van der Waals surface area contributed by atoms with Crippen molar-refractivity contribution in [1.82, 2.24) is 10.2 Å². The highest BCUT2D eigenvalue weighted by Gasteiger charge is 2.12. The topological polar surface area (TPSA) is 36.9 Å². The molecule has 0 aromatic heterocycles. The van der Waals surface area contributed by atoms with E-state index in [0.29, 0.717) is 6.54 Å². The van der Waals surface area contributed by atoms with Crippen molar-refractivity contribution < 1.29 is 9.13 Å². The highest BCUT2D eigenvalue weighted by Crippen LogP contribution is 2.17. The third kappa shape index (κ3) is 8.10. The fourth-order valence-electron chi connectivity index (χ4n) is 2.21. The minimum atomic E-state index is -0.248. The van der Waals surface area contributed by atoms with Gasteiger partial charge in [-0.3, -0.25) is 4.99 Å². The number of hydrogen-bond acceptors (Lipinski definition) is 2. The van der Waals surface area contributed by atoms with Crippen LogP contribution in [0, 0.1) is 5.82 Å². The smallest absolute Gasteiger partial charge is 0.193 e. The maximum absolute atomic E-state index is 13.0. The van der Waals surface area contributed by atoms with Crippen LogP contribution in [0.2, 0.25) is 0 Å². The number of nitrogens with one attached hydrogen (secondary N) is 1. The lowest BCUT2D eigenvalue weighted by Gasteiger charge is -2.23. The molecule has 1 aromatic carbocycles. The van der Waals surface area contributed by atoms with Crippen molar-refractivity contribution >= 4 is 29.9 Å². The summed E-state index contributed by atoms with van der Waals surface area (Å²) >= 11 is 0. The van der Waals surface area contributed by atoms with E-state index in [4.69, 9.17) is 4.74 Å². The summed E-state index contributed by atoms with van der Waals surface area (Å²) in [6, 6.07) is 6.36. The molecule has 1 aromatic rings. The molecule has 0 saturated heterocycles. The van der Waals surface area contributed by atoms with E-state index in [1.54, 1.807) is 19.2 Å². The second-order valence-electron chi connectivity index (χ2n) is 5.32. The van der Waals surface area contributed by atoms with Gasteiger partial charge in [-0.05, 0) is 37.5 Å². The normalized spacial score (nSPS) is 12.2. The lowest BCUT2D eigenvalue weighted by Crippen LogP contribution is -2.39. The maximum atomic E-state index is 13.0. The molecule has 24 heavy (non-hydrogen) atoms. The third-order valence-corrected chi connectivity index (χ3v) is 3.53. The fraction of sp³-hybridized carbons (Fsp3) is 0.500. The molecule has 0 aliphatic carbocycles. The third-order valence-electron chi connectivity index (χ3n) is 3.53. The molecule has 0 radical (unpaired) electrons. The molecule has 4 nitrogen and oxygen atoms in total. The van der Waals surface area contributed by atoms with Gasteiger partial charge in [0, 0.05) is 27.2 Å². The Bertz CT molecular complexity index is 494. The molecule has 1 N–H and O–H groups in total. The number of nitrogens with zero attached hydrogens (tertiary/aromatic N) is 2. The van der Waals surface area contributed by atoms with Crippen molar-refractivity contribution in [1.29, 1.82) is 0 Å². The van der Waals surface area contributed by atoms with Crippen LogP contribution in [0.1, 0.15) is 31.4 Å². The lowest BCUT2D eigenvalue weighted by atomic mass is 10.1. The maximum Gasteiger partial charge on any atom is 0.193 e. The Balaban J connectivity index is 0.00000529. The first-order valence-corrected chi connectivity index (χ1v) is 8.01. The van der Waals surface area contributed by atoms with Crippen LogP contribution in [-0.2, 0) is 4.74 Å². The van der Waals surface area contributed by atoms with Crippen LogP contribution in [0.15, 0.2) is 41.9 Å². The molecule has 0 saturated carbocycles. The lowest BCUT2D eigenvalue weighted by molar-refractivity contribution is 0.110. The predicted octanol–water partition coefficient (Wildman–Crippen LogP) is 3.99. The second kappa shape index (κ2) is 13.2. The van der Waals surface area contributed by atoms with Crippen molar-refractivity contribution in [3.63, 3.8) is 0 Å². The van der Waals surface area contributed by atoms with Gasteiger partial charge in [0.15, 0.2) is 5.96 Å². The Morgan fingerprint density at radius 2 is 2.08 bits per heavy atom. The summed E-state index contributed by atoms with van der Waals surface area (Å²) in [4.78, 5) is 6.75. The number of hydrogen-bond donors (Lipinski definition) is 1. The Hall–Kier alpha value is -1.15. The summed E-state index contributed by atoms with van der Waals surface area (Å²) in [5.41, 5.74) is 0.919. The fourth-order valence-corrected chi connectivity index (χ4v) is 2.21. The zero-order chi connectivity index (χ0) is 17.1. The van der Waals surface area contributed by atoms with Gasteiger partial charge < -0.3 is 15.0 Å². The zero-order valence-corrected chi connectivity index (χ0v) is 17.1. The van der Waals surface area contributed by atoms with Gasteiger partial charge in [0.1, 0.15) is 11.9 Å². The first kappa shape index (κ1) is 22.9. The van der Waals surface area contributed by atoms with E-state index in [-0.39, 0.29) is 35.9 Å². The molecule has 136 valence electrons. The molecule has 6 heteroatoms. The van der Waals surface area contributed by atoms with Gasteiger partial charge in [0.25, 0.3) is 0 Å². The van der Waals surface area contributed by atoms with Gasteiger partial charge >= 0.3 is 0 Å². The highest BCUT2D eigenvalue weighted by atomic mass is 127. The van der Waals surface area contributed by atoms with E-state index in [9.17, 15) is 4.39 Å². The van der Waals surface area contributed by atoms with Crippen LogP contribution in [-0.4, -0.2) is 44.7 Å². The number of methoxy groups -OCH3 is 1. The summed E-state index contributed by atoms with van der Waals surface area (Å²) < 4.78 is 18.5. The number of halogens is 2. The molecule has 0 aliphatic rings. The number of ether oxygens (including phenoxy) is 1. The second-order valence-corrected chi connectivity index (χ2v) is 5.32. The molecule has 1 unspecified atom stereocenters. The summed E-state index contributed by atoms with van der Waals surface area (Å²) in [6.07, 6.45) is 3.76. The molecule has 0 fully saturated rings. The molecule has 0 spiro atoms. The summed E-state index contributed by atoms with van der Waals surface area (Å²) in [5, 5.41) is 3.28.